The maximum absolute atomic E-state index is 13.2. The molecule has 1 heterocycles. The summed E-state index contributed by atoms with van der Waals surface area (Å²) in [7, 11) is 0. The molecule has 0 unspecified atom stereocenters. The van der Waals surface area contributed by atoms with Gasteiger partial charge in [0, 0.05) is 24.0 Å². The summed E-state index contributed by atoms with van der Waals surface area (Å²) >= 11 is 0. The van der Waals surface area contributed by atoms with Crippen molar-refractivity contribution in [2.45, 2.75) is 19.9 Å². The van der Waals surface area contributed by atoms with Gasteiger partial charge in [-0.25, -0.2) is 4.39 Å². The molecular formula is C15H19ClFN3O2. The predicted octanol–water partition coefficient (Wildman–Crippen LogP) is 1.82. The summed E-state index contributed by atoms with van der Waals surface area (Å²) in [5.41, 5.74) is 0.128. The van der Waals surface area contributed by atoms with Gasteiger partial charge in [0.2, 0.25) is 5.56 Å². The van der Waals surface area contributed by atoms with E-state index in [4.69, 9.17) is 0 Å². The molecule has 1 amide bonds. The van der Waals surface area contributed by atoms with E-state index in [2.05, 4.69) is 15.6 Å². The molecule has 0 saturated heterocycles. The second-order valence-corrected chi connectivity index (χ2v) is 4.91. The highest BCUT2D eigenvalue weighted by molar-refractivity contribution is 6.05. The minimum absolute atomic E-state index is 0. The maximum atomic E-state index is 13.2. The molecular weight excluding hydrogens is 309 g/mol. The van der Waals surface area contributed by atoms with Gasteiger partial charge in [-0.1, -0.05) is 6.92 Å². The van der Waals surface area contributed by atoms with Gasteiger partial charge in [0.1, 0.15) is 5.82 Å². The second kappa shape index (κ2) is 7.91. The van der Waals surface area contributed by atoms with Crippen LogP contribution in [0.15, 0.2) is 29.1 Å². The van der Waals surface area contributed by atoms with E-state index in [0.717, 1.165) is 6.54 Å². The molecule has 1 atom stereocenters. The number of benzene rings is 1. The largest absolute Gasteiger partial charge is 0.350 e. The molecule has 0 aliphatic carbocycles. The van der Waals surface area contributed by atoms with E-state index in [1.165, 1.54) is 24.3 Å². The highest BCUT2D eigenvalue weighted by Crippen LogP contribution is 2.16. The summed E-state index contributed by atoms with van der Waals surface area (Å²) in [6.45, 7) is 5.19. The van der Waals surface area contributed by atoms with Crippen molar-refractivity contribution in [2.75, 3.05) is 13.1 Å². The normalized spacial score (nSPS) is 11.8. The first-order chi connectivity index (χ1) is 10.0. The summed E-state index contributed by atoms with van der Waals surface area (Å²) in [6, 6.07) is 5.31. The summed E-state index contributed by atoms with van der Waals surface area (Å²) in [5, 5.41) is 6.46. The van der Waals surface area contributed by atoms with Crippen LogP contribution < -0.4 is 16.2 Å². The molecule has 0 aliphatic heterocycles. The number of hydrogen-bond acceptors (Lipinski definition) is 3. The number of nitrogens with one attached hydrogen (secondary N) is 3. The lowest BCUT2D eigenvalue weighted by Gasteiger charge is -2.13. The molecule has 7 heteroatoms. The van der Waals surface area contributed by atoms with Crippen molar-refractivity contribution in [2.24, 2.45) is 0 Å². The van der Waals surface area contributed by atoms with E-state index in [9.17, 15) is 14.0 Å². The van der Waals surface area contributed by atoms with E-state index in [1.54, 1.807) is 0 Å². The zero-order chi connectivity index (χ0) is 15.4. The Bertz CT molecular complexity index is 717. The van der Waals surface area contributed by atoms with Crippen molar-refractivity contribution in [1.29, 1.82) is 0 Å². The number of carbonyl (C=O) groups is 1. The summed E-state index contributed by atoms with van der Waals surface area (Å²) < 4.78 is 13.2. The number of aromatic nitrogens is 1. The summed E-state index contributed by atoms with van der Waals surface area (Å²) in [4.78, 5) is 26.3. The molecule has 0 bridgehead atoms. The van der Waals surface area contributed by atoms with Crippen LogP contribution in [0.2, 0.25) is 0 Å². The number of amides is 1. The quantitative estimate of drug-likeness (QED) is 0.784. The fraction of sp³-hybridized carbons (Fsp3) is 0.333. The average Bonchev–Trinajstić information content (AvgIpc) is 2.43. The monoisotopic (exact) mass is 327 g/mol. The topological polar surface area (TPSA) is 74.0 Å². The fourth-order valence-electron chi connectivity index (χ4n) is 2.18. The molecule has 2 rings (SSSR count). The van der Waals surface area contributed by atoms with Gasteiger partial charge in [-0.3, -0.25) is 9.59 Å². The minimum Gasteiger partial charge on any atom is -0.350 e. The van der Waals surface area contributed by atoms with Crippen molar-refractivity contribution in [1.82, 2.24) is 15.6 Å². The predicted molar refractivity (Wildman–Crippen MR) is 87.2 cm³/mol. The molecule has 1 aromatic heterocycles. The van der Waals surface area contributed by atoms with Crippen LogP contribution in [0.1, 0.15) is 24.2 Å². The standard InChI is InChI=1S/C15H18FN3O2.ClH/c1-3-17-9(2)8-18-15(21)12-7-14(20)19-13-6-10(16)4-5-11(12)13;/h4-7,9,17H,3,8H2,1-2H3,(H,18,21)(H,19,20);1H/t9-;/m1./s1. The van der Waals surface area contributed by atoms with E-state index in [0.29, 0.717) is 17.4 Å². The first-order valence-electron chi connectivity index (χ1n) is 6.85. The van der Waals surface area contributed by atoms with Gasteiger partial charge >= 0.3 is 0 Å². The van der Waals surface area contributed by atoms with Crippen LogP contribution in [0.25, 0.3) is 10.9 Å². The Kier molecular flexibility index (Phi) is 6.52. The number of hydrogen-bond donors (Lipinski definition) is 3. The zero-order valence-electron chi connectivity index (χ0n) is 12.4. The first kappa shape index (κ1) is 18.1. The van der Waals surface area contributed by atoms with Crippen LogP contribution in [0.4, 0.5) is 4.39 Å². The molecule has 0 fully saturated rings. The number of aromatic amines is 1. The Balaban J connectivity index is 0.00000242. The lowest BCUT2D eigenvalue weighted by molar-refractivity contribution is 0.0951. The molecule has 0 radical (unpaired) electrons. The van der Waals surface area contributed by atoms with Crippen LogP contribution in [0, 0.1) is 5.82 Å². The fourth-order valence-corrected chi connectivity index (χ4v) is 2.18. The number of fused-ring (bicyclic) bond motifs is 1. The maximum Gasteiger partial charge on any atom is 0.252 e. The second-order valence-electron chi connectivity index (χ2n) is 4.91. The SMILES string of the molecule is CCN[C@H](C)CNC(=O)c1cc(=O)[nH]c2cc(F)ccc12.Cl. The van der Waals surface area contributed by atoms with Crippen LogP contribution in [0.3, 0.4) is 0 Å². The van der Waals surface area contributed by atoms with Crippen LogP contribution in [-0.4, -0.2) is 30.0 Å². The van der Waals surface area contributed by atoms with Gasteiger partial charge in [0.15, 0.2) is 0 Å². The third-order valence-electron chi connectivity index (χ3n) is 3.17. The van der Waals surface area contributed by atoms with E-state index in [1.807, 2.05) is 13.8 Å². The minimum atomic E-state index is -0.462. The number of pyridine rings is 1. The van der Waals surface area contributed by atoms with Gasteiger partial charge < -0.3 is 15.6 Å². The van der Waals surface area contributed by atoms with Crippen molar-refractivity contribution in [3.05, 3.63) is 46.0 Å². The summed E-state index contributed by atoms with van der Waals surface area (Å²) in [6.07, 6.45) is 0. The highest BCUT2D eigenvalue weighted by Gasteiger charge is 2.13. The molecule has 0 saturated carbocycles. The Morgan fingerprint density at radius 1 is 1.36 bits per heavy atom. The van der Waals surface area contributed by atoms with Crippen molar-refractivity contribution < 1.29 is 9.18 Å². The molecule has 3 N–H and O–H groups in total. The van der Waals surface area contributed by atoms with E-state index in [-0.39, 0.29) is 29.9 Å². The Morgan fingerprint density at radius 2 is 2.09 bits per heavy atom. The van der Waals surface area contributed by atoms with Crippen LogP contribution in [0.5, 0.6) is 0 Å². The van der Waals surface area contributed by atoms with E-state index < -0.39 is 11.4 Å². The number of likely N-dealkylation sites (N-methyl/N-ethyl adjacent to an activating group) is 1. The Labute approximate surface area is 133 Å². The molecule has 0 spiro atoms. The third-order valence-corrected chi connectivity index (χ3v) is 3.17. The number of H-pyrrole nitrogens is 1. The van der Waals surface area contributed by atoms with Crippen molar-refractivity contribution >= 4 is 29.2 Å². The van der Waals surface area contributed by atoms with Gasteiger partial charge in [-0.15, -0.1) is 12.4 Å². The smallest absolute Gasteiger partial charge is 0.252 e. The Morgan fingerprint density at radius 3 is 2.77 bits per heavy atom. The third kappa shape index (κ3) is 4.29. The van der Waals surface area contributed by atoms with Gasteiger partial charge in [-0.05, 0) is 31.7 Å². The van der Waals surface area contributed by atoms with E-state index >= 15 is 0 Å². The Hall–Kier alpha value is -1.92. The average molecular weight is 328 g/mol. The van der Waals surface area contributed by atoms with Crippen LogP contribution in [-0.2, 0) is 0 Å². The van der Waals surface area contributed by atoms with Gasteiger partial charge in [0.25, 0.3) is 5.91 Å². The molecule has 120 valence electrons. The lowest BCUT2D eigenvalue weighted by Crippen LogP contribution is -2.39. The zero-order valence-corrected chi connectivity index (χ0v) is 13.2. The number of carbonyl (C=O) groups excluding carboxylic acids is 1. The highest BCUT2D eigenvalue weighted by atomic mass is 35.5. The molecule has 5 nitrogen and oxygen atoms in total. The van der Waals surface area contributed by atoms with Gasteiger partial charge in [0.05, 0.1) is 11.1 Å². The molecule has 2 aromatic rings. The van der Waals surface area contributed by atoms with Crippen molar-refractivity contribution in [3.63, 3.8) is 0 Å². The molecule has 0 aliphatic rings. The number of rotatable bonds is 5. The number of halogens is 2. The first-order valence-corrected chi connectivity index (χ1v) is 6.85. The lowest BCUT2D eigenvalue weighted by atomic mass is 10.1. The molecule has 22 heavy (non-hydrogen) atoms. The summed E-state index contributed by atoms with van der Waals surface area (Å²) in [5.74, 6) is -0.807. The van der Waals surface area contributed by atoms with Gasteiger partial charge in [-0.2, -0.15) is 0 Å². The van der Waals surface area contributed by atoms with Crippen molar-refractivity contribution in [3.8, 4) is 0 Å². The molecule has 1 aromatic carbocycles. The van der Waals surface area contributed by atoms with Crippen LogP contribution >= 0.6 is 12.4 Å².